The zero-order chi connectivity index (χ0) is 11.8. The minimum Gasteiger partial charge on any atom is -0.319 e. The highest BCUT2D eigenvalue weighted by Gasteiger charge is 2.26. The Hall–Kier alpha value is -0.930. The van der Waals surface area contributed by atoms with E-state index in [1.807, 2.05) is 0 Å². The lowest BCUT2D eigenvalue weighted by Crippen LogP contribution is -2.41. The van der Waals surface area contributed by atoms with Gasteiger partial charge in [-0.3, -0.25) is 4.79 Å². The van der Waals surface area contributed by atoms with Crippen LogP contribution in [0.4, 0.5) is 4.39 Å². The number of benzene rings is 1. The van der Waals surface area contributed by atoms with Gasteiger partial charge in [0.05, 0.1) is 10.6 Å². The minimum absolute atomic E-state index is 0.132. The molecule has 0 atom stereocenters. The Morgan fingerprint density at radius 1 is 1.47 bits per heavy atom. The number of nitrogens with two attached hydrogens (primary N) is 1. The van der Waals surface area contributed by atoms with Crippen LogP contribution >= 0.6 is 11.6 Å². The van der Waals surface area contributed by atoms with Crippen LogP contribution in [-0.4, -0.2) is 11.3 Å². The maximum atomic E-state index is 13.3. The highest BCUT2D eigenvalue weighted by atomic mass is 35.5. The van der Waals surface area contributed by atoms with Crippen molar-refractivity contribution in [3.63, 3.8) is 0 Å². The van der Waals surface area contributed by atoms with Crippen molar-refractivity contribution in [2.75, 3.05) is 0 Å². The molecule has 0 saturated heterocycles. The second-order valence-electron chi connectivity index (χ2n) is 4.13. The van der Waals surface area contributed by atoms with Gasteiger partial charge in [-0.2, -0.15) is 0 Å². The molecule has 0 aliphatic rings. The Bertz CT molecular complexity index is 410. The zero-order valence-corrected chi connectivity index (χ0v) is 9.65. The van der Waals surface area contributed by atoms with Crippen LogP contribution in [0.1, 0.15) is 29.8 Å². The molecule has 1 aromatic carbocycles. The molecular formula is C11H13ClFNO. The van der Waals surface area contributed by atoms with Crippen molar-refractivity contribution in [3.8, 4) is 0 Å². The van der Waals surface area contributed by atoms with Gasteiger partial charge in [0.25, 0.3) is 0 Å². The fourth-order valence-electron chi connectivity index (χ4n) is 1.17. The van der Waals surface area contributed by atoms with Gasteiger partial charge in [-0.05, 0) is 38.5 Å². The summed E-state index contributed by atoms with van der Waals surface area (Å²) in [4.78, 5) is 11.8. The van der Waals surface area contributed by atoms with E-state index >= 15 is 0 Å². The lowest BCUT2D eigenvalue weighted by Gasteiger charge is -2.17. The van der Waals surface area contributed by atoms with Crippen molar-refractivity contribution in [1.29, 1.82) is 0 Å². The minimum atomic E-state index is -1.05. The molecule has 0 amide bonds. The van der Waals surface area contributed by atoms with E-state index in [2.05, 4.69) is 0 Å². The first-order valence-corrected chi connectivity index (χ1v) is 4.90. The SMILES string of the molecule is Cc1cc(Cl)c(C(=O)C(C)(C)N)cc1F. The Kier molecular flexibility index (Phi) is 3.16. The molecule has 0 aliphatic heterocycles. The first kappa shape index (κ1) is 12.1. The topological polar surface area (TPSA) is 43.1 Å². The molecule has 0 aromatic heterocycles. The highest BCUT2D eigenvalue weighted by molar-refractivity contribution is 6.34. The van der Waals surface area contributed by atoms with Gasteiger partial charge in [-0.15, -0.1) is 0 Å². The largest absolute Gasteiger partial charge is 0.319 e. The summed E-state index contributed by atoms with van der Waals surface area (Å²) in [5.74, 6) is -0.821. The average Bonchev–Trinajstić information content (AvgIpc) is 2.08. The van der Waals surface area contributed by atoms with Gasteiger partial charge >= 0.3 is 0 Å². The van der Waals surface area contributed by atoms with Gasteiger partial charge in [0.15, 0.2) is 5.78 Å². The van der Waals surface area contributed by atoms with Gasteiger partial charge in [-0.25, -0.2) is 4.39 Å². The molecule has 0 bridgehead atoms. The van der Waals surface area contributed by atoms with Crippen LogP contribution in [0.15, 0.2) is 12.1 Å². The molecule has 2 nitrogen and oxygen atoms in total. The van der Waals surface area contributed by atoms with E-state index in [4.69, 9.17) is 17.3 Å². The second kappa shape index (κ2) is 3.91. The molecule has 2 N–H and O–H groups in total. The van der Waals surface area contributed by atoms with E-state index in [-0.39, 0.29) is 16.4 Å². The molecule has 82 valence electrons. The quantitative estimate of drug-likeness (QED) is 0.793. The Labute approximate surface area is 93.2 Å². The standard InChI is InChI=1S/C11H13ClFNO/c1-6-4-8(12)7(5-9(6)13)10(15)11(2,3)14/h4-5H,14H2,1-3H3. The molecule has 0 unspecified atom stereocenters. The smallest absolute Gasteiger partial charge is 0.183 e. The molecule has 1 aromatic rings. The van der Waals surface area contributed by atoms with Gasteiger partial charge in [0.1, 0.15) is 5.82 Å². The van der Waals surface area contributed by atoms with Crippen molar-refractivity contribution in [2.24, 2.45) is 5.73 Å². The fourth-order valence-corrected chi connectivity index (χ4v) is 1.47. The second-order valence-corrected chi connectivity index (χ2v) is 4.54. The zero-order valence-electron chi connectivity index (χ0n) is 8.90. The number of ketones is 1. The summed E-state index contributed by atoms with van der Waals surface area (Å²) in [7, 11) is 0. The number of rotatable bonds is 2. The third kappa shape index (κ3) is 2.55. The number of halogens is 2. The normalized spacial score (nSPS) is 11.6. The van der Waals surface area contributed by atoms with E-state index in [0.29, 0.717) is 5.56 Å². The Balaban J connectivity index is 3.28. The van der Waals surface area contributed by atoms with E-state index in [1.165, 1.54) is 6.07 Å². The van der Waals surface area contributed by atoms with Gasteiger partial charge in [0.2, 0.25) is 0 Å². The van der Waals surface area contributed by atoms with Crippen LogP contribution in [0, 0.1) is 12.7 Å². The monoisotopic (exact) mass is 229 g/mol. The number of hydrogen-bond donors (Lipinski definition) is 1. The molecule has 0 spiro atoms. The van der Waals surface area contributed by atoms with Crippen LogP contribution in [-0.2, 0) is 0 Å². The number of Topliss-reactive ketones (excluding diaryl/α,β-unsaturated/α-hetero) is 1. The van der Waals surface area contributed by atoms with E-state index in [0.717, 1.165) is 6.07 Å². The maximum absolute atomic E-state index is 13.3. The third-order valence-corrected chi connectivity index (χ3v) is 2.39. The van der Waals surface area contributed by atoms with Crippen molar-refractivity contribution < 1.29 is 9.18 Å². The van der Waals surface area contributed by atoms with Gasteiger partial charge < -0.3 is 5.73 Å². The summed E-state index contributed by atoms with van der Waals surface area (Å²) in [6.07, 6.45) is 0. The van der Waals surface area contributed by atoms with Crippen molar-refractivity contribution in [1.82, 2.24) is 0 Å². The maximum Gasteiger partial charge on any atom is 0.183 e. The van der Waals surface area contributed by atoms with E-state index < -0.39 is 11.4 Å². The number of carbonyl (C=O) groups excluding carboxylic acids is 1. The lowest BCUT2D eigenvalue weighted by atomic mass is 9.94. The molecule has 4 heteroatoms. The predicted molar refractivity (Wildman–Crippen MR) is 58.7 cm³/mol. The summed E-state index contributed by atoms with van der Waals surface area (Å²) < 4.78 is 13.3. The number of aryl methyl sites for hydroxylation is 1. The molecule has 0 fully saturated rings. The first-order valence-electron chi connectivity index (χ1n) is 4.53. The van der Waals surface area contributed by atoms with E-state index in [9.17, 15) is 9.18 Å². The number of hydrogen-bond acceptors (Lipinski definition) is 2. The summed E-state index contributed by atoms with van der Waals surface area (Å²) >= 11 is 5.86. The summed E-state index contributed by atoms with van der Waals surface area (Å²) in [6.45, 7) is 4.70. The van der Waals surface area contributed by atoms with Crippen LogP contribution < -0.4 is 5.73 Å². The molecule has 15 heavy (non-hydrogen) atoms. The molecule has 0 saturated carbocycles. The van der Waals surface area contributed by atoms with Crippen molar-refractivity contribution in [2.45, 2.75) is 26.3 Å². The Morgan fingerprint density at radius 3 is 2.47 bits per heavy atom. The van der Waals surface area contributed by atoms with Gasteiger partial charge in [-0.1, -0.05) is 11.6 Å². The van der Waals surface area contributed by atoms with Crippen LogP contribution in [0.5, 0.6) is 0 Å². The third-order valence-electron chi connectivity index (χ3n) is 2.08. The lowest BCUT2D eigenvalue weighted by molar-refractivity contribution is 0.0913. The van der Waals surface area contributed by atoms with Gasteiger partial charge in [0, 0.05) is 5.56 Å². The fraction of sp³-hybridized carbons (Fsp3) is 0.364. The summed E-state index contributed by atoms with van der Waals surface area (Å²) in [6, 6.07) is 2.56. The highest BCUT2D eigenvalue weighted by Crippen LogP contribution is 2.23. The average molecular weight is 230 g/mol. The summed E-state index contributed by atoms with van der Waals surface area (Å²) in [5.41, 5.74) is 5.13. The molecule has 0 radical (unpaired) electrons. The number of carbonyl (C=O) groups is 1. The molecule has 0 aliphatic carbocycles. The molecule has 1 rings (SSSR count). The summed E-state index contributed by atoms with van der Waals surface area (Å²) in [5, 5.41) is 0.234. The van der Waals surface area contributed by atoms with Crippen molar-refractivity contribution in [3.05, 3.63) is 34.1 Å². The van der Waals surface area contributed by atoms with Crippen LogP contribution in [0.3, 0.4) is 0 Å². The van der Waals surface area contributed by atoms with E-state index in [1.54, 1.807) is 20.8 Å². The van der Waals surface area contributed by atoms with Crippen LogP contribution in [0.25, 0.3) is 0 Å². The first-order chi connectivity index (χ1) is 6.73. The van der Waals surface area contributed by atoms with Crippen molar-refractivity contribution >= 4 is 17.4 Å². The Morgan fingerprint density at radius 2 is 2.00 bits per heavy atom. The molecule has 0 heterocycles. The molecular weight excluding hydrogens is 217 g/mol. The van der Waals surface area contributed by atoms with Crippen LogP contribution in [0.2, 0.25) is 5.02 Å². The predicted octanol–water partition coefficient (Wildman–Crippen LogP) is 2.71.